The topological polar surface area (TPSA) is 74.6 Å². The van der Waals surface area contributed by atoms with Crippen LogP contribution in [0.2, 0.25) is 0 Å². The molecule has 4 heteroatoms. The SMILES string of the molecule is C/C=C\CC(=C/C=C(/C)CCC(=O)O)C(=O)O. The molecule has 17 heavy (non-hydrogen) atoms. The van der Waals surface area contributed by atoms with Crippen LogP contribution < -0.4 is 0 Å². The Hall–Kier alpha value is -1.84. The van der Waals surface area contributed by atoms with Gasteiger partial charge in [0.25, 0.3) is 0 Å². The molecule has 4 nitrogen and oxygen atoms in total. The molecule has 0 aromatic rings. The zero-order chi connectivity index (χ0) is 13.3. The smallest absolute Gasteiger partial charge is 0.331 e. The Morgan fingerprint density at radius 1 is 1.12 bits per heavy atom. The largest absolute Gasteiger partial charge is 0.481 e. The lowest BCUT2D eigenvalue weighted by Crippen LogP contribution is -1.99. The van der Waals surface area contributed by atoms with E-state index in [-0.39, 0.29) is 12.0 Å². The van der Waals surface area contributed by atoms with Crippen LogP contribution in [0.3, 0.4) is 0 Å². The highest BCUT2D eigenvalue weighted by Crippen LogP contribution is 2.08. The second kappa shape index (κ2) is 8.33. The van der Waals surface area contributed by atoms with Crippen LogP contribution in [-0.4, -0.2) is 22.2 Å². The van der Waals surface area contributed by atoms with Crippen LogP contribution >= 0.6 is 0 Å². The molecule has 0 saturated heterocycles. The molecule has 0 aliphatic heterocycles. The molecular weight excluding hydrogens is 220 g/mol. The van der Waals surface area contributed by atoms with Crippen LogP contribution in [0.1, 0.15) is 33.1 Å². The zero-order valence-corrected chi connectivity index (χ0v) is 10.1. The van der Waals surface area contributed by atoms with Crippen molar-refractivity contribution in [3.8, 4) is 0 Å². The summed E-state index contributed by atoms with van der Waals surface area (Å²) in [6.07, 6.45) is 7.61. The van der Waals surface area contributed by atoms with Crippen LogP contribution in [0.15, 0.2) is 35.5 Å². The molecule has 0 amide bonds. The van der Waals surface area contributed by atoms with E-state index in [1.165, 1.54) is 6.08 Å². The Labute approximate surface area is 101 Å². The van der Waals surface area contributed by atoms with Gasteiger partial charge in [-0.2, -0.15) is 0 Å². The van der Waals surface area contributed by atoms with Crippen molar-refractivity contribution in [1.29, 1.82) is 0 Å². The number of rotatable bonds is 7. The standard InChI is InChI=1S/C13H18O4/c1-3-4-5-11(13(16)17)8-6-10(2)7-9-12(14)15/h3-4,6,8H,5,7,9H2,1-2H3,(H,14,15)(H,16,17)/b4-3-,10-6-,11-8?. The van der Waals surface area contributed by atoms with Gasteiger partial charge < -0.3 is 10.2 Å². The van der Waals surface area contributed by atoms with E-state index in [2.05, 4.69) is 0 Å². The number of hydrogen-bond donors (Lipinski definition) is 2. The lowest BCUT2D eigenvalue weighted by Gasteiger charge is -1.98. The van der Waals surface area contributed by atoms with Crippen molar-refractivity contribution in [3.63, 3.8) is 0 Å². The maximum atomic E-state index is 10.9. The van der Waals surface area contributed by atoms with Crippen LogP contribution in [-0.2, 0) is 9.59 Å². The molecule has 0 atom stereocenters. The Bertz CT molecular complexity index is 362. The molecule has 0 unspecified atom stereocenters. The monoisotopic (exact) mass is 238 g/mol. The van der Waals surface area contributed by atoms with Crippen LogP contribution in [0.4, 0.5) is 0 Å². The average molecular weight is 238 g/mol. The predicted molar refractivity (Wildman–Crippen MR) is 65.8 cm³/mol. The summed E-state index contributed by atoms with van der Waals surface area (Å²) in [4.78, 5) is 21.2. The van der Waals surface area contributed by atoms with Gasteiger partial charge in [-0.15, -0.1) is 0 Å². The molecule has 0 bridgehead atoms. The third-order valence-corrected chi connectivity index (χ3v) is 2.15. The molecule has 0 heterocycles. The van der Waals surface area contributed by atoms with E-state index >= 15 is 0 Å². The van der Waals surface area contributed by atoms with E-state index in [0.29, 0.717) is 12.8 Å². The third-order valence-electron chi connectivity index (χ3n) is 2.15. The van der Waals surface area contributed by atoms with Gasteiger partial charge in [0.2, 0.25) is 0 Å². The van der Waals surface area contributed by atoms with Crippen LogP contribution in [0.25, 0.3) is 0 Å². The van der Waals surface area contributed by atoms with Gasteiger partial charge in [0.05, 0.1) is 0 Å². The third kappa shape index (κ3) is 8.02. The fourth-order valence-corrected chi connectivity index (χ4v) is 1.10. The summed E-state index contributed by atoms with van der Waals surface area (Å²) < 4.78 is 0. The quantitative estimate of drug-likeness (QED) is 0.406. The maximum Gasteiger partial charge on any atom is 0.331 e. The van der Waals surface area contributed by atoms with Crippen molar-refractivity contribution in [2.75, 3.05) is 0 Å². The average Bonchev–Trinajstić information content (AvgIpc) is 2.25. The first kappa shape index (κ1) is 15.2. The lowest BCUT2D eigenvalue weighted by molar-refractivity contribution is -0.137. The molecular formula is C13H18O4. The summed E-state index contributed by atoms with van der Waals surface area (Å²) in [5.41, 5.74) is 1.14. The summed E-state index contributed by atoms with van der Waals surface area (Å²) in [7, 11) is 0. The number of hydrogen-bond acceptors (Lipinski definition) is 2. The van der Waals surface area contributed by atoms with Crippen molar-refractivity contribution < 1.29 is 19.8 Å². The Balaban J connectivity index is 4.54. The Morgan fingerprint density at radius 2 is 1.76 bits per heavy atom. The number of carboxylic acids is 2. The van der Waals surface area contributed by atoms with E-state index in [4.69, 9.17) is 10.2 Å². The van der Waals surface area contributed by atoms with E-state index in [0.717, 1.165) is 5.57 Å². The molecule has 0 spiro atoms. The minimum atomic E-state index is -0.953. The van der Waals surface area contributed by atoms with Gasteiger partial charge in [-0.3, -0.25) is 4.79 Å². The van der Waals surface area contributed by atoms with Crippen molar-refractivity contribution in [3.05, 3.63) is 35.5 Å². The fourth-order valence-electron chi connectivity index (χ4n) is 1.10. The van der Waals surface area contributed by atoms with Crippen molar-refractivity contribution in [2.45, 2.75) is 33.1 Å². The van der Waals surface area contributed by atoms with Gasteiger partial charge in [-0.25, -0.2) is 4.79 Å². The van der Waals surface area contributed by atoms with Gasteiger partial charge >= 0.3 is 11.9 Å². The van der Waals surface area contributed by atoms with E-state index in [1.807, 2.05) is 6.92 Å². The summed E-state index contributed by atoms with van der Waals surface area (Å²) in [6, 6.07) is 0. The van der Waals surface area contributed by atoms with Crippen molar-refractivity contribution in [2.24, 2.45) is 0 Å². The fraction of sp³-hybridized carbons (Fsp3) is 0.385. The highest BCUT2D eigenvalue weighted by Gasteiger charge is 2.03. The highest BCUT2D eigenvalue weighted by atomic mass is 16.4. The molecule has 0 rings (SSSR count). The molecule has 0 aromatic heterocycles. The van der Waals surface area contributed by atoms with Gasteiger partial charge in [0.1, 0.15) is 0 Å². The summed E-state index contributed by atoms with van der Waals surface area (Å²) >= 11 is 0. The lowest BCUT2D eigenvalue weighted by atomic mass is 10.1. The minimum Gasteiger partial charge on any atom is -0.481 e. The number of carbonyl (C=O) groups is 2. The first-order valence-corrected chi connectivity index (χ1v) is 5.40. The molecule has 0 radical (unpaired) electrons. The van der Waals surface area contributed by atoms with Crippen molar-refractivity contribution >= 4 is 11.9 Å². The highest BCUT2D eigenvalue weighted by molar-refractivity contribution is 5.87. The van der Waals surface area contributed by atoms with Gasteiger partial charge in [0.15, 0.2) is 0 Å². The van der Waals surface area contributed by atoms with E-state index in [1.54, 1.807) is 25.2 Å². The second-order valence-corrected chi connectivity index (χ2v) is 3.68. The Kier molecular flexibility index (Phi) is 7.43. The maximum absolute atomic E-state index is 10.9. The molecule has 0 aliphatic carbocycles. The minimum absolute atomic E-state index is 0.0629. The number of carboxylic acid groups (broad SMARTS) is 2. The van der Waals surface area contributed by atoms with Gasteiger partial charge in [-0.1, -0.05) is 29.9 Å². The molecule has 0 aliphatic rings. The first-order chi connectivity index (χ1) is 7.97. The van der Waals surface area contributed by atoms with Crippen molar-refractivity contribution in [1.82, 2.24) is 0 Å². The van der Waals surface area contributed by atoms with E-state index < -0.39 is 11.9 Å². The normalized spacial score (nSPS) is 13.1. The summed E-state index contributed by atoms with van der Waals surface area (Å²) in [6.45, 7) is 3.61. The Morgan fingerprint density at radius 3 is 2.24 bits per heavy atom. The molecule has 94 valence electrons. The summed E-state index contributed by atoms with van der Waals surface area (Å²) in [5.74, 6) is -1.81. The van der Waals surface area contributed by atoms with Gasteiger partial charge in [0, 0.05) is 12.0 Å². The zero-order valence-electron chi connectivity index (χ0n) is 10.1. The summed E-state index contributed by atoms with van der Waals surface area (Å²) in [5, 5.41) is 17.4. The molecule has 0 fully saturated rings. The number of aliphatic carboxylic acids is 2. The van der Waals surface area contributed by atoms with Gasteiger partial charge in [-0.05, 0) is 26.7 Å². The second-order valence-electron chi connectivity index (χ2n) is 3.68. The molecule has 0 aromatic carbocycles. The predicted octanol–water partition coefficient (Wildman–Crippen LogP) is 2.77. The first-order valence-electron chi connectivity index (χ1n) is 5.40. The van der Waals surface area contributed by atoms with Crippen LogP contribution in [0, 0.1) is 0 Å². The molecule has 2 N–H and O–H groups in total. The number of allylic oxidation sites excluding steroid dienone is 5. The van der Waals surface area contributed by atoms with E-state index in [9.17, 15) is 9.59 Å². The molecule has 0 saturated carbocycles. The van der Waals surface area contributed by atoms with Crippen LogP contribution in [0.5, 0.6) is 0 Å².